The van der Waals surface area contributed by atoms with Crippen molar-refractivity contribution >= 4 is 11.7 Å². The Morgan fingerprint density at radius 3 is 2.88 bits per heavy atom. The molecule has 16 heavy (non-hydrogen) atoms. The van der Waals surface area contributed by atoms with Gasteiger partial charge in [0.2, 0.25) is 0 Å². The summed E-state index contributed by atoms with van der Waals surface area (Å²) in [5.41, 5.74) is 6.08. The summed E-state index contributed by atoms with van der Waals surface area (Å²) in [7, 11) is 1.77. The smallest absolute Gasteiger partial charge is 0.320 e. The van der Waals surface area contributed by atoms with Crippen LogP contribution in [0.1, 0.15) is 6.42 Å². The zero-order chi connectivity index (χ0) is 12.1. The maximum absolute atomic E-state index is 12.9. The van der Waals surface area contributed by atoms with Crippen molar-refractivity contribution in [1.29, 1.82) is 0 Å². The van der Waals surface area contributed by atoms with Crippen molar-refractivity contribution in [2.45, 2.75) is 12.5 Å². The van der Waals surface area contributed by atoms with Gasteiger partial charge in [-0.05, 0) is 24.6 Å². The Morgan fingerprint density at radius 1 is 1.62 bits per heavy atom. The standard InChI is InChI=1S/C11H15FN2O2/c1-14(6-5-10(13)11(15)16)9-4-2-3-8(12)7-9/h2-4,7,10H,5-6,13H2,1H3,(H,15,16). The molecular formula is C11H15FN2O2. The number of anilines is 1. The van der Waals surface area contributed by atoms with Crippen LogP contribution in [0.15, 0.2) is 24.3 Å². The number of nitrogens with zero attached hydrogens (tertiary/aromatic N) is 1. The molecule has 0 saturated carbocycles. The summed E-state index contributed by atoms with van der Waals surface area (Å²) in [4.78, 5) is 12.3. The molecule has 1 unspecified atom stereocenters. The first-order chi connectivity index (χ1) is 7.50. The number of hydrogen-bond donors (Lipinski definition) is 2. The Bertz CT molecular complexity index is 371. The lowest BCUT2D eigenvalue weighted by molar-refractivity contribution is -0.138. The molecule has 0 aliphatic carbocycles. The molecule has 0 bridgehead atoms. The predicted molar refractivity (Wildman–Crippen MR) is 59.9 cm³/mol. The summed E-state index contributed by atoms with van der Waals surface area (Å²) < 4.78 is 12.9. The minimum Gasteiger partial charge on any atom is -0.480 e. The highest BCUT2D eigenvalue weighted by molar-refractivity contribution is 5.73. The van der Waals surface area contributed by atoms with E-state index in [-0.39, 0.29) is 5.82 Å². The topological polar surface area (TPSA) is 66.6 Å². The molecule has 0 spiro atoms. The van der Waals surface area contributed by atoms with Crippen LogP contribution in [0.25, 0.3) is 0 Å². The van der Waals surface area contributed by atoms with Gasteiger partial charge in [-0.25, -0.2) is 4.39 Å². The molecule has 0 aliphatic heterocycles. The van der Waals surface area contributed by atoms with Crippen LogP contribution < -0.4 is 10.6 Å². The fraction of sp³-hybridized carbons (Fsp3) is 0.364. The van der Waals surface area contributed by atoms with E-state index < -0.39 is 12.0 Å². The minimum absolute atomic E-state index is 0.313. The molecule has 1 rings (SSSR count). The minimum atomic E-state index is -1.02. The van der Waals surface area contributed by atoms with Gasteiger partial charge >= 0.3 is 5.97 Å². The van der Waals surface area contributed by atoms with E-state index in [1.165, 1.54) is 12.1 Å². The predicted octanol–water partition coefficient (Wildman–Crippen LogP) is 1.06. The highest BCUT2D eigenvalue weighted by Crippen LogP contribution is 2.14. The number of aliphatic carboxylic acids is 1. The summed E-state index contributed by atoms with van der Waals surface area (Å²) in [6.45, 7) is 0.469. The molecule has 0 saturated heterocycles. The molecule has 0 radical (unpaired) electrons. The quantitative estimate of drug-likeness (QED) is 0.788. The third-order valence-corrected chi connectivity index (χ3v) is 2.34. The van der Waals surface area contributed by atoms with Crippen molar-refractivity contribution in [3.8, 4) is 0 Å². The fourth-order valence-electron chi connectivity index (χ4n) is 1.30. The average molecular weight is 226 g/mol. The number of benzene rings is 1. The van der Waals surface area contributed by atoms with Crippen LogP contribution in [-0.4, -0.2) is 30.7 Å². The highest BCUT2D eigenvalue weighted by atomic mass is 19.1. The molecule has 5 heteroatoms. The van der Waals surface area contributed by atoms with E-state index in [9.17, 15) is 9.18 Å². The van der Waals surface area contributed by atoms with Crippen molar-refractivity contribution in [1.82, 2.24) is 0 Å². The molecule has 4 nitrogen and oxygen atoms in total. The van der Waals surface area contributed by atoms with E-state index >= 15 is 0 Å². The zero-order valence-electron chi connectivity index (χ0n) is 9.06. The lowest BCUT2D eigenvalue weighted by Gasteiger charge is -2.20. The van der Waals surface area contributed by atoms with Gasteiger partial charge in [-0.3, -0.25) is 4.79 Å². The largest absolute Gasteiger partial charge is 0.480 e. The van der Waals surface area contributed by atoms with Gasteiger partial charge in [0.15, 0.2) is 0 Å². The van der Waals surface area contributed by atoms with Crippen LogP contribution >= 0.6 is 0 Å². The van der Waals surface area contributed by atoms with E-state index in [2.05, 4.69) is 0 Å². The number of halogens is 1. The normalized spacial score (nSPS) is 12.2. The Hall–Kier alpha value is -1.62. The van der Waals surface area contributed by atoms with Gasteiger partial charge in [0.05, 0.1) is 0 Å². The molecule has 1 aromatic rings. The van der Waals surface area contributed by atoms with Crippen LogP contribution in [-0.2, 0) is 4.79 Å². The zero-order valence-corrected chi connectivity index (χ0v) is 9.06. The molecule has 1 aromatic carbocycles. The molecule has 88 valence electrons. The Kier molecular flexibility index (Phi) is 4.25. The summed E-state index contributed by atoms with van der Waals surface area (Å²) in [5.74, 6) is -1.33. The molecule has 0 heterocycles. The summed E-state index contributed by atoms with van der Waals surface area (Å²) in [5, 5.41) is 8.61. The summed E-state index contributed by atoms with van der Waals surface area (Å²) in [6, 6.07) is 5.25. The van der Waals surface area contributed by atoms with E-state index in [0.717, 1.165) is 0 Å². The maximum Gasteiger partial charge on any atom is 0.320 e. The third kappa shape index (κ3) is 3.51. The van der Waals surface area contributed by atoms with E-state index in [1.807, 2.05) is 0 Å². The third-order valence-electron chi connectivity index (χ3n) is 2.34. The number of hydrogen-bond acceptors (Lipinski definition) is 3. The lowest BCUT2D eigenvalue weighted by atomic mass is 10.2. The molecule has 0 aliphatic rings. The molecule has 0 fully saturated rings. The lowest BCUT2D eigenvalue weighted by Crippen LogP contribution is -2.34. The first-order valence-corrected chi connectivity index (χ1v) is 4.96. The number of carboxylic acids is 1. The molecule has 0 amide bonds. The van der Waals surface area contributed by atoms with Crippen LogP contribution in [0.3, 0.4) is 0 Å². The van der Waals surface area contributed by atoms with Crippen LogP contribution in [0.5, 0.6) is 0 Å². The fourth-order valence-corrected chi connectivity index (χ4v) is 1.30. The first-order valence-electron chi connectivity index (χ1n) is 4.96. The van der Waals surface area contributed by atoms with Crippen molar-refractivity contribution in [2.75, 3.05) is 18.5 Å². The Balaban J connectivity index is 2.52. The molecule has 1 atom stereocenters. The average Bonchev–Trinajstić information content (AvgIpc) is 2.25. The van der Waals surface area contributed by atoms with Gasteiger partial charge in [0.25, 0.3) is 0 Å². The first kappa shape index (κ1) is 12.4. The molecular weight excluding hydrogens is 211 g/mol. The van der Waals surface area contributed by atoms with Gasteiger partial charge in [-0.1, -0.05) is 6.07 Å². The van der Waals surface area contributed by atoms with Gasteiger partial charge in [-0.2, -0.15) is 0 Å². The van der Waals surface area contributed by atoms with Crippen molar-refractivity contribution in [3.05, 3.63) is 30.1 Å². The van der Waals surface area contributed by atoms with E-state index in [1.54, 1.807) is 24.1 Å². The van der Waals surface area contributed by atoms with Crippen LogP contribution in [0.2, 0.25) is 0 Å². The summed E-state index contributed by atoms with van der Waals surface area (Å²) >= 11 is 0. The van der Waals surface area contributed by atoms with Crippen molar-refractivity contribution in [2.24, 2.45) is 5.73 Å². The SMILES string of the molecule is CN(CCC(N)C(=O)O)c1cccc(F)c1. The number of rotatable bonds is 5. The van der Waals surface area contributed by atoms with Crippen LogP contribution in [0.4, 0.5) is 10.1 Å². The van der Waals surface area contributed by atoms with E-state index in [4.69, 9.17) is 10.8 Å². The van der Waals surface area contributed by atoms with Gasteiger partial charge < -0.3 is 15.7 Å². The summed E-state index contributed by atoms with van der Waals surface area (Å²) in [6.07, 6.45) is 0.322. The number of carboxylic acid groups (broad SMARTS) is 1. The highest BCUT2D eigenvalue weighted by Gasteiger charge is 2.12. The van der Waals surface area contributed by atoms with Gasteiger partial charge in [0.1, 0.15) is 11.9 Å². The number of carbonyl (C=O) groups is 1. The second kappa shape index (κ2) is 5.46. The van der Waals surface area contributed by atoms with Crippen molar-refractivity contribution < 1.29 is 14.3 Å². The molecule has 0 aromatic heterocycles. The van der Waals surface area contributed by atoms with Gasteiger partial charge in [-0.15, -0.1) is 0 Å². The Labute approximate surface area is 93.5 Å². The second-order valence-corrected chi connectivity index (χ2v) is 3.63. The number of nitrogens with two attached hydrogens (primary N) is 1. The van der Waals surface area contributed by atoms with Crippen molar-refractivity contribution in [3.63, 3.8) is 0 Å². The monoisotopic (exact) mass is 226 g/mol. The molecule has 3 N–H and O–H groups in total. The van der Waals surface area contributed by atoms with Gasteiger partial charge in [0, 0.05) is 19.3 Å². The maximum atomic E-state index is 12.9. The Morgan fingerprint density at radius 2 is 2.31 bits per heavy atom. The second-order valence-electron chi connectivity index (χ2n) is 3.63. The van der Waals surface area contributed by atoms with E-state index in [0.29, 0.717) is 18.7 Å². The van der Waals surface area contributed by atoms with Crippen LogP contribution in [0, 0.1) is 5.82 Å².